The van der Waals surface area contributed by atoms with Crippen LogP contribution in [-0.4, -0.2) is 0 Å². The van der Waals surface area contributed by atoms with Gasteiger partial charge in [-0.2, -0.15) is 0 Å². The average Bonchev–Trinajstić information content (AvgIpc) is 2.28. The largest absolute Gasteiger partial charge is 0.0622 e. The number of hydrogen-bond acceptors (Lipinski definition) is 0. The van der Waals surface area contributed by atoms with Gasteiger partial charge in [-0.1, -0.05) is 74.9 Å². The molecule has 0 heterocycles. The van der Waals surface area contributed by atoms with Gasteiger partial charge in [0.05, 0.1) is 0 Å². The van der Waals surface area contributed by atoms with E-state index < -0.39 is 0 Å². The van der Waals surface area contributed by atoms with E-state index in [4.69, 9.17) is 0 Å². The third kappa shape index (κ3) is 2.58. The molecule has 2 aromatic carbocycles. The molecule has 0 aromatic heterocycles. The van der Waals surface area contributed by atoms with Gasteiger partial charge in [0.25, 0.3) is 0 Å². The van der Waals surface area contributed by atoms with E-state index in [1.54, 1.807) is 0 Å². The van der Waals surface area contributed by atoms with Gasteiger partial charge < -0.3 is 0 Å². The molecular weight excluding hydrogens is 204 g/mol. The van der Waals surface area contributed by atoms with Crippen molar-refractivity contribution in [2.24, 2.45) is 0 Å². The van der Waals surface area contributed by atoms with E-state index in [0.29, 0.717) is 0 Å². The summed E-state index contributed by atoms with van der Waals surface area (Å²) in [7, 11) is 0. The minimum atomic E-state index is 0.179. The lowest BCUT2D eigenvalue weighted by Crippen LogP contribution is -2.12. The number of hydrogen-bond donors (Lipinski definition) is 0. The molecule has 0 fully saturated rings. The topological polar surface area (TPSA) is 0 Å². The minimum Gasteiger partial charge on any atom is -0.0622 e. The van der Waals surface area contributed by atoms with Crippen molar-refractivity contribution in [3.63, 3.8) is 0 Å². The van der Waals surface area contributed by atoms with Crippen LogP contribution in [0.2, 0.25) is 0 Å². The molecule has 0 atom stereocenters. The van der Waals surface area contributed by atoms with Crippen LogP contribution in [0.15, 0.2) is 48.5 Å². The molecule has 0 saturated carbocycles. The molecule has 0 radical (unpaired) electrons. The van der Waals surface area contributed by atoms with Crippen molar-refractivity contribution in [3.8, 4) is 11.1 Å². The molecule has 0 bridgehead atoms. The fraction of sp³-hybridized carbons (Fsp3) is 0.294. The maximum absolute atomic E-state index is 2.29. The zero-order valence-corrected chi connectivity index (χ0v) is 11.1. The summed E-state index contributed by atoms with van der Waals surface area (Å²) in [5.74, 6) is 0. The van der Waals surface area contributed by atoms with Gasteiger partial charge in [0.15, 0.2) is 0 Å². The number of benzene rings is 2. The molecule has 0 nitrogen and oxygen atoms in total. The Morgan fingerprint density at radius 3 is 2.06 bits per heavy atom. The van der Waals surface area contributed by atoms with Crippen molar-refractivity contribution >= 4 is 0 Å². The maximum Gasteiger partial charge on any atom is -0.0126 e. The Hall–Kier alpha value is -1.56. The molecular formula is C17H20. The van der Waals surface area contributed by atoms with Crippen molar-refractivity contribution < 1.29 is 0 Å². The third-order valence-electron chi connectivity index (χ3n) is 3.07. The molecule has 2 rings (SSSR count). The van der Waals surface area contributed by atoms with Gasteiger partial charge in [-0.05, 0) is 29.0 Å². The van der Waals surface area contributed by atoms with Gasteiger partial charge in [0, 0.05) is 0 Å². The molecule has 88 valence electrons. The van der Waals surface area contributed by atoms with Crippen molar-refractivity contribution in [1.29, 1.82) is 0 Å². The van der Waals surface area contributed by atoms with E-state index in [0.717, 1.165) is 0 Å². The second-order valence-electron chi connectivity index (χ2n) is 5.67. The Bertz CT molecular complexity index is 501. The maximum atomic E-state index is 2.29. The van der Waals surface area contributed by atoms with Crippen LogP contribution in [0.5, 0.6) is 0 Å². The first-order chi connectivity index (χ1) is 7.98. The summed E-state index contributed by atoms with van der Waals surface area (Å²) < 4.78 is 0. The highest BCUT2D eigenvalue weighted by Gasteiger charge is 2.18. The fourth-order valence-corrected chi connectivity index (χ4v) is 2.17. The Labute approximate surface area is 104 Å². The lowest BCUT2D eigenvalue weighted by atomic mass is 9.81. The molecule has 0 amide bonds. The molecule has 0 saturated heterocycles. The second-order valence-corrected chi connectivity index (χ2v) is 5.67. The summed E-state index contributed by atoms with van der Waals surface area (Å²) in [6.07, 6.45) is 0. The molecule has 0 N–H and O–H groups in total. The highest BCUT2D eigenvalue weighted by molar-refractivity contribution is 5.69. The lowest BCUT2D eigenvalue weighted by Gasteiger charge is -2.23. The Morgan fingerprint density at radius 1 is 0.824 bits per heavy atom. The van der Waals surface area contributed by atoms with Gasteiger partial charge in [0.1, 0.15) is 0 Å². The summed E-state index contributed by atoms with van der Waals surface area (Å²) in [5, 5.41) is 0. The van der Waals surface area contributed by atoms with Gasteiger partial charge in [0.2, 0.25) is 0 Å². The first-order valence-electron chi connectivity index (χ1n) is 6.15. The summed E-state index contributed by atoms with van der Waals surface area (Å²) in [6.45, 7) is 8.96. The molecule has 0 spiro atoms. The quantitative estimate of drug-likeness (QED) is 0.642. The summed E-state index contributed by atoms with van der Waals surface area (Å²) in [4.78, 5) is 0. The smallest absolute Gasteiger partial charge is 0.0126 e. The van der Waals surface area contributed by atoms with Crippen molar-refractivity contribution in [1.82, 2.24) is 0 Å². The lowest BCUT2D eigenvalue weighted by molar-refractivity contribution is 0.592. The first kappa shape index (κ1) is 11.9. The standard InChI is InChI=1S/C17H20/c1-13-10-11-16(17(2,3)4)15(12-13)14-8-6-5-7-9-14/h5-12H,1-4H3. The summed E-state index contributed by atoms with van der Waals surface area (Å²) in [5.41, 5.74) is 5.57. The van der Waals surface area contributed by atoms with Crippen molar-refractivity contribution in [2.75, 3.05) is 0 Å². The van der Waals surface area contributed by atoms with Gasteiger partial charge in [-0.25, -0.2) is 0 Å². The van der Waals surface area contributed by atoms with E-state index in [2.05, 4.69) is 76.2 Å². The highest BCUT2D eigenvalue weighted by Crippen LogP contribution is 2.33. The van der Waals surface area contributed by atoms with Gasteiger partial charge in [-0.3, -0.25) is 0 Å². The van der Waals surface area contributed by atoms with Crippen molar-refractivity contribution in [3.05, 3.63) is 59.7 Å². The van der Waals surface area contributed by atoms with Crippen molar-refractivity contribution in [2.45, 2.75) is 33.1 Å². The highest BCUT2D eigenvalue weighted by atomic mass is 14.2. The molecule has 17 heavy (non-hydrogen) atoms. The molecule has 2 aromatic rings. The Kier molecular flexibility index (Phi) is 3.06. The molecule has 0 unspecified atom stereocenters. The van der Waals surface area contributed by atoms with Crippen LogP contribution in [-0.2, 0) is 5.41 Å². The zero-order chi connectivity index (χ0) is 12.5. The first-order valence-corrected chi connectivity index (χ1v) is 6.15. The molecule has 0 aliphatic carbocycles. The van der Waals surface area contributed by atoms with E-state index in [9.17, 15) is 0 Å². The van der Waals surface area contributed by atoms with E-state index in [-0.39, 0.29) is 5.41 Å². The SMILES string of the molecule is Cc1ccc(C(C)(C)C)c(-c2ccccc2)c1. The van der Waals surface area contributed by atoms with E-state index in [1.165, 1.54) is 22.3 Å². The summed E-state index contributed by atoms with van der Waals surface area (Å²) in [6, 6.07) is 17.4. The normalized spacial score (nSPS) is 11.5. The minimum absolute atomic E-state index is 0.179. The zero-order valence-electron chi connectivity index (χ0n) is 11.1. The van der Waals surface area contributed by atoms with Crippen LogP contribution in [0.1, 0.15) is 31.9 Å². The predicted molar refractivity (Wildman–Crippen MR) is 75.3 cm³/mol. The van der Waals surface area contributed by atoms with Crippen LogP contribution in [0.25, 0.3) is 11.1 Å². The molecule has 0 aliphatic rings. The van der Waals surface area contributed by atoms with E-state index in [1.807, 2.05) is 0 Å². The molecule has 0 aliphatic heterocycles. The van der Waals surface area contributed by atoms with Crippen LogP contribution >= 0.6 is 0 Å². The summed E-state index contributed by atoms with van der Waals surface area (Å²) >= 11 is 0. The van der Waals surface area contributed by atoms with Crippen LogP contribution in [0.3, 0.4) is 0 Å². The number of aryl methyl sites for hydroxylation is 1. The van der Waals surface area contributed by atoms with Crippen LogP contribution in [0.4, 0.5) is 0 Å². The Morgan fingerprint density at radius 2 is 1.47 bits per heavy atom. The number of rotatable bonds is 1. The predicted octanol–water partition coefficient (Wildman–Crippen LogP) is 4.96. The second kappa shape index (κ2) is 4.37. The molecule has 0 heteroatoms. The van der Waals surface area contributed by atoms with Crippen LogP contribution < -0.4 is 0 Å². The fourth-order valence-electron chi connectivity index (χ4n) is 2.17. The van der Waals surface area contributed by atoms with Gasteiger partial charge in [-0.15, -0.1) is 0 Å². The van der Waals surface area contributed by atoms with Crippen LogP contribution in [0, 0.1) is 6.92 Å². The van der Waals surface area contributed by atoms with Gasteiger partial charge >= 0.3 is 0 Å². The monoisotopic (exact) mass is 224 g/mol. The van der Waals surface area contributed by atoms with E-state index >= 15 is 0 Å². The Balaban J connectivity index is 2.64. The average molecular weight is 224 g/mol. The third-order valence-corrected chi connectivity index (χ3v) is 3.07.